The van der Waals surface area contributed by atoms with Gasteiger partial charge in [-0.25, -0.2) is 4.98 Å². The van der Waals surface area contributed by atoms with Crippen molar-refractivity contribution in [3.63, 3.8) is 0 Å². The Labute approximate surface area is 306 Å². The zero-order valence-electron chi connectivity index (χ0n) is 28.7. The lowest BCUT2D eigenvalue weighted by Gasteiger charge is -2.11. The van der Waals surface area contributed by atoms with Crippen LogP contribution in [-0.2, 0) is 0 Å². The second-order valence-electron chi connectivity index (χ2n) is 13.8. The molecule has 0 aliphatic heterocycles. The van der Waals surface area contributed by atoms with Crippen molar-refractivity contribution in [2.75, 3.05) is 0 Å². The molecular weight excluding hydrogens is 643 g/mol. The van der Waals surface area contributed by atoms with Gasteiger partial charge in [-0.05, 0) is 86.3 Å². The molecule has 9 aromatic carbocycles. The van der Waals surface area contributed by atoms with Gasteiger partial charge in [0.05, 0.1) is 34.0 Å². The van der Waals surface area contributed by atoms with Gasteiger partial charge in [-0.3, -0.25) is 4.98 Å². The van der Waals surface area contributed by atoms with Crippen LogP contribution in [0.3, 0.4) is 0 Å². The highest BCUT2D eigenvalue weighted by Gasteiger charge is 2.14. The number of nitrogens with zero attached hydrogens (tertiary/aromatic N) is 3. The van der Waals surface area contributed by atoms with Crippen LogP contribution in [0.2, 0.25) is 0 Å². The van der Waals surface area contributed by atoms with E-state index in [-0.39, 0.29) is 0 Å². The van der Waals surface area contributed by atoms with Gasteiger partial charge in [0.15, 0.2) is 0 Å². The largest absolute Gasteiger partial charge is 0.309 e. The molecule has 0 atom stereocenters. The van der Waals surface area contributed by atoms with E-state index in [4.69, 9.17) is 9.97 Å². The van der Waals surface area contributed by atoms with Crippen molar-refractivity contribution >= 4 is 65.2 Å². The summed E-state index contributed by atoms with van der Waals surface area (Å²) in [5, 5.41) is 9.64. The summed E-state index contributed by atoms with van der Waals surface area (Å²) in [4.78, 5) is 10.2. The van der Waals surface area contributed by atoms with Crippen LogP contribution in [0.15, 0.2) is 188 Å². The van der Waals surface area contributed by atoms with Crippen LogP contribution in [0.4, 0.5) is 0 Å². The first-order valence-electron chi connectivity index (χ1n) is 18.1. The van der Waals surface area contributed by atoms with Crippen LogP contribution in [-0.4, -0.2) is 14.5 Å². The quantitative estimate of drug-likeness (QED) is 0.174. The van der Waals surface area contributed by atoms with Crippen molar-refractivity contribution in [2.24, 2.45) is 0 Å². The van der Waals surface area contributed by atoms with E-state index in [0.29, 0.717) is 0 Å². The van der Waals surface area contributed by atoms with Gasteiger partial charge in [-0.15, -0.1) is 0 Å². The van der Waals surface area contributed by atoms with Gasteiger partial charge < -0.3 is 4.57 Å². The van der Waals surface area contributed by atoms with Gasteiger partial charge in [-0.2, -0.15) is 0 Å². The van der Waals surface area contributed by atoms with E-state index in [1.54, 1.807) is 0 Å². The normalized spacial score (nSPS) is 11.8. The molecule has 0 aliphatic carbocycles. The zero-order valence-corrected chi connectivity index (χ0v) is 28.7. The monoisotopic (exact) mass is 673 g/mol. The van der Waals surface area contributed by atoms with Gasteiger partial charge >= 0.3 is 0 Å². The smallest absolute Gasteiger partial charge is 0.0979 e. The third-order valence-corrected chi connectivity index (χ3v) is 10.8. The summed E-state index contributed by atoms with van der Waals surface area (Å²) in [7, 11) is 0. The van der Waals surface area contributed by atoms with Crippen molar-refractivity contribution in [2.45, 2.75) is 0 Å². The van der Waals surface area contributed by atoms with Crippen molar-refractivity contribution < 1.29 is 0 Å². The molecule has 3 nitrogen and oxygen atoms in total. The van der Waals surface area contributed by atoms with Gasteiger partial charge in [0, 0.05) is 32.8 Å². The molecule has 0 amide bonds. The molecule has 246 valence electrons. The second-order valence-corrected chi connectivity index (χ2v) is 13.8. The van der Waals surface area contributed by atoms with Crippen molar-refractivity contribution in [1.82, 2.24) is 14.5 Å². The summed E-state index contributed by atoms with van der Waals surface area (Å²) in [5.41, 5.74) is 12.1. The number of hydrogen-bond acceptors (Lipinski definition) is 2. The first-order valence-corrected chi connectivity index (χ1v) is 18.1. The van der Waals surface area contributed by atoms with Gasteiger partial charge in [-0.1, -0.05) is 140 Å². The molecule has 0 N–H and O–H groups in total. The lowest BCUT2D eigenvalue weighted by Crippen LogP contribution is -1.93. The highest BCUT2D eigenvalue weighted by atomic mass is 15.0. The molecule has 2 heterocycles. The van der Waals surface area contributed by atoms with Crippen molar-refractivity contribution in [3.8, 4) is 39.2 Å². The predicted octanol–water partition coefficient (Wildman–Crippen LogP) is 13.2. The maximum absolute atomic E-state index is 5.23. The Hall–Kier alpha value is -7.10. The molecule has 0 aliphatic rings. The first-order chi connectivity index (χ1) is 26.3. The van der Waals surface area contributed by atoms with Gasteiger partial charge in [0.2, 0.25) is 0 Å². The minimum Gasteiger partial charge on any atom is -0.309 e. The lowest BCUT2D eigenvalue weighted by molar-refractivity contribution is 1.18. The summed E-state index contributed by atoms with van der Waals surface area (Å²) >= 11 is 0. The first kappa shape index (κ1) is 29.6. The SMILES string of the molecule is c1cc(-c2ccc3cc(-c4ccc(-n5c6ccccc6c6ccccc65)cc4)ccc3c2)cc(-c2cnc3c4ccccc4c4ccccc4c3n2)c1. The van der Waals surface area contributed by atoms with Crippen LogP contribution < -0.4 is 0 Å². The van der Waals surface area contributed by atoms with E-state index in [1.165, 1.54) is 60.0 Å². The van der Waals surface area contributed by atoms with Gasteiger partial charge in [0.25, 0.3) is 0 Å². The average Bonchev–Trinajstić information content (AvgIpc) is 3.58. The molecule has 0 saturated carbocycles. The molecule has 2 aromatic heterocycles. The summed E-state index contributed by atoms with van der Waals surface area (Å²) in [6.07, 6.45) is 1.92. The Bertz CT molecular complexity index is 3140. The fourth-order valence-electron chi connectivity index (χ4n) is 8.23. The van der Waals surface area contributed by atoms with Crippen LogP contribution in [0.25, 0.3) is 104 Å². The van der Waals surface area contributed by atoms with E-state index in [1.807, 2.05) is 6.20 Å². The van der Waals surface area contributed by atoms with Crippen molar-refractivity contribution in [3.05, 3.63) is 188 Å². The maximum Gasteiger partial charge on any atom is 0.0979 e. The third-order valence-electron chi connectivity index (χ3n) is 10.8. The van der Waals surface area contributed by atoms with E-state index < -0.39 is 0 Å². The summed E-state index contributed by atoms with van der Waals surface area (Å²) in [6, 6.07) is 65.4. The summed E-state index contributed by atoms with van der Waals surface area (Å²) in [6.45, 7) is 0. The maximum atomic E-state index is 5.23. The summed E-state index contributed by atoms with van der Waals surface area (Å²) in [5.74, 6) is 0. The zero-order chi connectivity index (χ0) is 34.9. The minimum absolute atomic E-state index is 0.870. The van der Waals surface area contributed by atoms with Crippen LogP contribution >= 0.6 is 0 Å². The Morgan fingerprint density at radius 3 is 1.47 bits per heavy atom. The van der Waals surface area contributed by atoms with Crippen LogP contribution in [0.5, 0.6) is 0 Å². The molecule has 53 heavy (non-hydrogen) atoms. The Morgan fingerprint density at radius 1 is 0.340 bits per heavy atom. The number of benzene rings is 9. The fourth-order valence-corrected chi connectivity index (χ4v) is 8.23. The Balaban J connectivity index is 0.923. The van der Waals surface area contributed by atoms with E-state index in [2.05, 4.69) is 187 Å². The minimum atomic E-state index is 0.870. The molecule has 11 aromatic rings. The highest BCUT2D eigenvalue weighted by Crippen LogP contribution is 2.36. The molecule has 0 radical (unpaired) electrons. The van der Waals surface area contributed by atoms with Crippen molar-refractivity contribution in [1.29, 1.82) is 0 Å². The number of para-hydroxylation sites is 2. The second kappa shape index (κ2) is 11.7. The topological polar surface area (TPSA) is 30.7 Å². The molecule has 0 fully saturated rings. The molecule has 0 spiro atoms. The fraction of sp³-hybridized carbons (Fsp3) is 0. The summed E-state index contributed by atoms with van der Waals surface area (Å²) < 4.78 is 2.36. The molecule has 3 heteroatoms. The molecule has 11 rings (SSSR count). The number of rotatable bonds is 4. The number of aromatic nitrogens is 3. The standard InChI is InChI=1S/C50H31N3/c1-3-16-44-40(12-1)41-13-2-4-17-45(41)50-49(44)51-31-46(52-50)38-11-9-10-33(30-38)35-22-23-36-28-34(20-21-37(36)29-35)32-24-26-39(27-25-32)53-47-18-7-5-14-42(47)43-15-6-8-19-48(43)53/h1-31H. The van der Waals surface area contributed by atoms with E-state index in [0.717, 1.165) is 44.3 Å². The van der Waals surface area contributed by atoms with Crippen LogP contribution in [0.1, 0.15) is 0 Å². The molecule has 0 saturated heterocycles. The van der Waals surface area contributed by atoms with Gasteiger partial charge in [0.1, 0.15) is 0 Å². The van der Waals surface area contributed by atoms with E-state index in [9.17, 15) is 0 Å². The third kappa shape index (κ3) is 4.75. The average molecular weight is 674 g/mol. The molecule has 0 unspecified atom stereocenters. The predicted molar refractivity (Wildman–Crippen MR) is 223 cm³/mol. The molecule has 0 bridgehead atoms. The van der Waals surface area contributed by atoms with Crippen LogP contribution in [0, 0.1) is 0 Å². The highest BCUT2D eigenvalue weighted by molar-refractivity contribution is 6.23. The Kier molecular flexibility index (Phi) is 6.55. The number of hydrogen-bond donors (Lipinski definition) is 0. The Morgan fingerprint density at radius 2 is 0.830 bits per heavy atom. The van der Waals surface area contributed by atoms with E-state index >= 15 is 0 Å². The number of fused-ring (bicyclic) bond motifs is 10. The molecular formula is C50H31N3. The lowest BCUT2D eigenvalue weighted by atomic mass is 9.96.